The van der Waals surface area contributed by atoms with E-state index in [1.54, 1.807) is 19.2 Å². The zero-order chi connectivity index (χ0) is 15.0. The van der Waals surface area contributed by atoms with E-state index in [-0.39, 0.29) is 10.9 Å². The van der Waals surface area contributed by atoms with Gasteiger partial charge >= 0.3 is 0 Å². The van der Waals surface area contributed by atoms with Crippen molar-refractivity contribution in [3.8, 4) is 0 Å². The number of benzene rings is 1. The van der Waals surface area contributed by atoms with Gasteiger partial charge in [0.05, 0.1) is 11.5 Å². The monoisotopic (exact) mass is 300 g/mol. The minimum Gasteiger partial charge on any atom is -0.383 e. The first-order valence-corrected chi connectivity index (χ1v) is 8.26. The van der Waals surface area contributed by atoms with Gasteiger partial charge in [0.15, 0.2) is 0 Å². The van der Waals surface area contributed by atoms with E-state index >= 15 is 0 Å². The molecule has 5 nitrogen and oxygen atoms in total. The SMILES string of the molecule is CCCC(COC)NS(=O)(=O)c1ccc(CNC)cc1. The van der Waals surface area contributed by atoms with Crippen molar-refractivity contribution in [2.45, 2.75) is 37.2 Å². The van der Waals surface area contributed by atoms with Crippen molar-refractivity contribution in [1.82, 2.24) is 10.0 Å². The van der Waals surface area contributed by atoms with E-state index < -0.39 is 10.0 Å². The number of nitrogens with one attached hydrogen (secondary N) is 2. The Bertz CT molecular complexity index is 480. The van der Waals surface area contributed by atoms with Crippen LogP contribution in [0.3, 0.4) is 0 Å². The first-order chi connectivity index (χ1) is 9.53. The molecule has 1 atom stereocenters. The van der Waals surface area contributed by atoms with Gasteiger partial charge in [0.25, 0.3) is 0 Å². The molecule has 2 N–H and O–H groups in total. The van der Waals surface area contributed by atoms with Gasteiger partial charge < -0.3 is 10.1 Å². The maximum Gasteiger partial charge on any atom is 0.240 e. The number of hydrogen-bond acceptors (Lipinski definition) is 4. The summed E-state index contributed by atoms with van der Waals surface area (Å²) >= 11 is 0. The van der Waals surface area contributed by atoms with Gasteiger partial charge in [-0.2, -0.15) is 0 Å². The molecule has 114 valence electrons. The third-order valence-electron chi connectivity index (χ3n) is 2.94. The minimum atomic E-state index is -3.49. The molecule has 0 aliphatic rings. The summed E-state index contributed by atoms with van der Waals surface area (Å²) < 4.78 is 32.3. The Balaban J connectivity index is 2.80. The van der Waals surface area contributed by atoms with E-state index in [4.69, 9.17) is 4.74 Å². The van der Waals surface area contributed by atoms with Crippen molar-refractivity contribution in [1.29, 1.82) is 0 Å². The van der Waals surface area contributed by atoms with Crippen LogP contribution in [0, 0.1) is 0 Å². The zero-order valence-electron chi connectivity index (χ0n) is 12.3. The summed E-state index contributed by atoms with van der Waals surface area (Å²) in [4.78, 5) is 0.287. The zero-order valence-corrected chi connectivity index (χ0v) is 13.2. The molecule has 0 aromatic heterocycles. The van der Waals surface area contributed by atoms with E-state index in [0.717, 1.165) is 24.9 Å². The summed E-state index contributed by atoms with van der Waals surface area (Å²) in [6.07, 6.45) is 1.66. The molecule has 0 amide bonds. The fraction of sp³-hybridized carbons (Fsp3) is 0.571. The molecule has 0 heterocycles. The van der Waals surface area contributed by atoms with Crippen LogP contribution in [0.25, 0.3) is 0 Å². The molecule has 0 radical (unpaired) electrons. The highest BCUT2D eigenvalue weighted by atomic mass is 32.2. The van der Waals surface area contributed by atoms with Crippen molar-refractivity contribution >= 4 is 10.0 Å². The molecule has 0 bridgehead atoms. The summed E-state index contributed by atoms with van der Waals surface area (Å²) in [5, 5.41) is 3.03. The third-order valence-corrected chi connectivity index (χ3v) is 4.48. The highest BCUT2D eigenvalue weighted by Gasteiger charge is 2.19. The molecule has 1 aromatic rings. The molecular formula is C14H24N2O3S. The van der Waals surface area contributed by atoms with E-state index in [9.17, 15) is 8.42 Å². The summed E-state index contributed by atoms with van der Waals surface area (Å²) in [6.45, 7) is 3.12. The Kier molecular flexibility index (Phi) is 7.15. The molecular weight excluding hydrogens is 276 g/mol. The van der Waals surface area contributed by atoms with Crippen LogP contribution in [-0.2, 0) is 21.3 Å². The number of sulfonamides is 1. The van der Waals surface area contributed by atoms with Gasteiger partial charge in [0, 0.05) is 19.7 Å². The third kappa shape index (κ3) is 5.20. The van der Waals surface area contributed by atoms with Crippen LogP contribution in [0.2, 0.25) is 0 Å². The Labute approximate surface area is 121 Å². The highest BCUT2D eigenvalue weighted by Crippen LogP contribution is 2.12. The maximum absolute atomic E-state index is 12.3. The molecule has 0 saturated carbocycles. The average Bonchev–Trinajstić information content (AvgIpc) is 2.40. The first kappa shape index (κ1) is 17.1. The summed E-state index contributed by atoms with van der Waals surface area (Å²) in [5.41, 5.74) is 1.05. The number of ether oxygens (including phenoxy) is 1. The minimum absolute atomic E-state index is 0.188. The van der Waals surface area contributed by atoms with Gasteiger partial charge in [-0.1, -0.05) is 25.5 Å². The summed E-state index contributed by atoms with van der Waals surface area (Å²) in [5.74, 6) is 0. The van der Waals surface area contributed by atoms with Crippen molar-refractivity contribution in [3.63, 3.8) is 0 Å². The van der Waals surface area contributed by atoms with E-state index in [1.807, 2.05) is 26.1 Å². The number of rotatable bonds is 9. The van der Waals surface area contributed by atoms with Gasteiger partial charge in [0.2, 0.25) is 10.0 Å². The second-order valence-electron chi connectivity index (χ2n) is 4.74. The Morgan fingerprint density at radius 3 is 2.40 bits per heavy atom. The van der Waals surface area contributed by atoms with Crippen molar-refractivity contribution in [2.75, 3.05) is 20.8 Å². The van der Waals surface area contributed by atoms with E-state index in [1.165, 1.54) is 0 Å². The predicted molar refractivity (Wildman–Crippen MR) is 80.1 cm³/mol. The highest BCUT2D eigenvalue weighted by molar-refractivity contribution is 7.89. The van der Waals surface area contributed by atoms with Crippen molar-refractivity contribution in [2.24, 2.45) is 0 Å². The first-order valence-electron chi connectivity index (χ1n) is 6.78. The molecule has 0 saturated heterocycles. The Morgan fingerprint density at radius 2 is 1.90 bits per heavy atom. The smallest absolute Gasteiger partial charge is 0.240 e. The normalized spacial score (nSPS) is 13.3. The van der Waals surface area contributed by atoms with Crippen LogP contribution in [0.4, 0.5) is 0 Å². The Hall–Kier alpha value is -0.950. The molecule has 0 aliphatic carbocycles. The molecule has 1 unspecified atom stereocenters. The number of hydrogen-bond donors (Lipinski definition) is 2. The quantitative estimate of drug-likeness (QED) is 0.725. The molecule has 0 aliphatic heterocycles. The lowest BCUT2D eigenvalue weighted by atomic mass is 10.2. The fourth-order valence-electron chi connectivity index (χ4n) is 2.00. The molecule has 6 heteroatoms. The van der Waals surface area contributed by atoms with Crippen LogP contribution in [-0.4, -0.2) is 35.2 Å². The number of methoxy groups -OCH3 is 1. The summed E-state index contributed by atoms with van der Waals surface area (Å²) in [6, 6.07) is 6.70. The van der Waals surface area contributed by atoms with Crippen LogP contribution >= 0.6 is 0 Å². The van der Waals surface area contributed by atoms with Gasteiger partial charge in [-0.15, -0.1) is 0 Å². The largest absolute Gasteiger partial charge is 0.383 e. The van der Waals surface area contributed by atoms with Crippen LogP contribution in [0.1, 0.15) is 25.3 Å². The second-order valence-corrected chi connectivity index (χ2v) is 6.45. The lowest BCUT2D eigenvalue weighted by Gasteiger charge is -2.17. The predicted octanol–water partition coefficient (Wildman–Crippen LogP) is 1.50. The van der Waals surface area contributed by atoms with Gasteiger partial charge in [-0.05, 0) is 31.2 Å². The van der Waals surface area contributed by atoms with Crippen LogP contribution < -0.4 is 10.0 Å². The average molecular weight is 300 g/mol. The van der Waals surface area contributed by atoms with Crippen LogP contribution in [0.15, 0.2) is 29.2 Å². The lowest BCUT2D eigenvalue weighted by molar-refractivity contribution is 0.171. The maximum atomic E-state index is 12.3. The lowest BCUT2D eigenvalue weighted by Crippen LogP contribution is -2.37. The van der Waals surface area contributed by atoms with Crippen LogP contribution in [0.5, 0.6) is 0 Å². The molecule has 20 heavy (non-hydrogen) atoms. The molecule has 0 spiro atoms. The van der Waals surface area contributed by atoms with E-state index in [0.29, 0.717) is 6.61 Å². The Morgan fingerprint density at radius 1 is 1.25 bits per heavy atom. The molecule has 0 fully saturated rings. The standard InChI is InChI=1S/C14H24N2O3S/c1-4-5-13(11-19-3)16-20(17,18)14-8-6-12(7-9-14)10-15-2/h6-9,13,15-16H,4-5,10-11H2,1-3H3. The topological polar surface area (TPSA) is 67.4 Å². The summed E-state index contributed by atoms with van der Waals surface area (Å²) in [7, 11) is -0.0596. The fourth-order valence-corrected chi connectivity index (χ4v) is 3.26. The van der Waals surface area contributed by atoms with Gasteiger partial charge in [-0.3, -0.25) is 0 Å². The van der Waals surface area contributed by atoms with Gasteiger partial charge in [0.1, 0.15) is 0 Å². The molecule has 1 rings (SSSR count). The second kappa shape index (κ2) is 8.36. The van der Waals surface area contributed by atoms with E-state index in [2.05, 4.69) is 10.0 Å². The van der Waals surface area contributed by atoms with Crippen molar-refractivity contribution < 1.29 is 13.2 Å². The van der Waals surface area contributed by atoms with Gasteiger partial charge in [-0.25, -0.2) is 13.1 Å². The van der Waals surface area contributed by atoms with Crippen molar-refractivity contribution in [3.05, 3.63) is 29.8 Å². The molecule has 1 aromatic carbocycles.